The second kappa shape index (κ2) is 5.94. The van der Waals surface area contributed by atoms with Crippen LogP contribution in [0.4, 0.5) is 0 Å². The van der Waals surface area contributed by atoms with Gasteiger partial charge in [-0.2, -0.15) is 9.50 Å². The molecule has 1 aromatic carbocycles. The molecule has 0 saturated heterocycles. The quantitative estimate of drug-likeness (QED) is 0.564. The van der Waals surface area contributed by atoms with Crippen molar-refractivity contribution in [1.82, 2.24) is 24.1 Å². The molecule has 0 aliphatic heterocycles. The highest BCUT2D eigenvalue weighted by molar-refractivity contribution is 6.31. The molecule has 0 aliphatic rings. The Morgan fingerprint density at radius 3 is 2.92 bits per heavy atom. The third kappa shape index (κ3) is 2.48. The largest absolute Gasteiger partial charge is 0.377 e. The Hall–Kier alpha value is -2.77. The Labute approximate surface area is 147 Å². The second-order valence-electron chi connectivity index (χ2n) is 5.60. The first-order valence-corrected chi connectivity index (χ1v) is 7.98. The lowest BCUT2D eigenvalue weighted by atomic mass is 10.2. The number of hydrogen-bond acceptors (Lipinski definition) is 5. The number of nitrogens with zero attached hydrogens (tertiary/aromatic N) is 5. The van der Waals surface area contributed by atoms with E-state index in [1.807, 2.05) is 25.1 Å². The normalized spacial score (nSPS) is 11.5. The SMILES string of the molecule is COCc1nc2ncc3c(=O)n(-c4cccc(Cl)c4C)ccc3n2n1. The summed E-state index contributed by atoms with van der Waals surface area (Å²) in [6, 6.07) is 7.28. The third-order valence-corrected chi connectivity index (χ3v) is 4.46. The molecular weight excluding hydrogens is 342 g/mol. The molecule has 7 nitrogen and oxygen atoms in total. The third-order valence-electron chi connectivity index (χ3n) is 4.05. The van der Waals surface area contributed by atoms with Gasteiger partial charge in [-0.1, -0.05) is 17.7 Å². The zero-order valence-electron chi connectivity index (χ0n) is 13.6. The van der Waals surface area contributed by atoms with Crippen molar-refractivity contribution in [1.29, 1.82) is 0 Å². The van der Waals surface area contributed by atoms with Gasteiger partial charge in [0, 0.05) is 24.5 Å². The number of ether oxygens (including phenoxy) is 1. The van der Waals surface area contributed by atoms with Crippen molar-refractivity contribution in [2.45, 2.75) is 13.5 Å². The number of rotatable bonds is 3. The number of pyridine rings is 1. The smallest absolute Gasteiger partial charge is 0.266 e. The number of hydrogen-bond donors (Lipinski definition) is 0. The molecule has 4 rings (SSSR count). The summed E-state index contributed by atoms with van der Waals surface area (Å²) in [6.45, 7) is 2.16. The topological polar surface area (TPSA) is 74.3 Å². The van der Waals surface area contributed by atoms with Crippen molar-refractivity contribution < 1.29 is 4.74 Å². The molecule has 126 valence electrons. The summed E-state index contributed by atoms with van der Waals surface area (Å²) in [7, 11) is 1.57. The molecule has 0 unspecified atom stereocenters. The Bertz CT molecular complexity index is 1170. The van der Waals surface area contributed by atoms with Gasteiger partial charge in [-0.3, -0.25) is 9.36 Å². The summed E-state index contributed by atoms with van der Waals surface area (Å²) in [5.74, 6) is 0.938. The molecule has 0 bridgehead atoms. The Morgan fingerprint density at radius 1 is 1.28 bits per heavy atom. The molecule has 25 heavy (non-hydrogen) atoms. The molecule has 0 atom stereocenters. The van der Waals surface area contributed by atoms with Crippen LogP contribution in [0.3, 0.4) is 0 Å². The van der Waals surface area contributed by atoms with Gasteiger partial charge < -0.3 is 4.74 Å². The minimum absolute atomic E-state index is 0.193. The molecule has 0 spiro atoms. The van der Waals surface area contributed by atoms with Crippen LogP contribution in [-0.2, 0) is 11.3 Å². The molecule has 0 amide bonds. The predicted molar refractivity (Wildman–Crippen MR) is 94.3 cm³/mol. The fourth-order valence-electron chi connectivity index (χ4n) is 2.80. The maximum absolute atomic E-state index is 13.0. The molecule has 8 heteroatoms. The van der Waals surface area contributed by atoms with E-state index in [1.54, 1.807) is 28.5 Å². The number of aromatic nitrogens is 5. The molecule has 3 heterocycles. The average Bonchev–Trinajstić information content (AvgIpc) is 3.01. The van der Waals surface area contributed by atoms with Crippen LogP contribution in [0.5, 0.6) is 0 Å². The van der Waals surface area contributed by atoms with E-state index in [2.05, 4.69) is 15.1 Å². The fourth-order valence-corrected chi connectivity index (χ4v) is 2.97. The van der Waals surface area contributed by atoms with Crippen LogP contribution in [0.25, 0.3) is 22.4 Å². The van der Waals surface area contributed by atoms with Gasteiger partial charge in [-0.05, 0) is 30.7 Å². The van der Waals surface area contributed by atoms with Gasteiger partial charge in [0.2, 0.25) is 0 Å². The van der Waals surface area contributed by atoms with Crippen LogP contribution >= 0.6 is 11.6 Å². The summed E-state index contributed by atoms with van der Waals surface area (Å²) in [4.78, 5) is 21.5. The number of fused-ring (bicyclic) bond motifs is 3. The van der Waals surface area contributed by atoms with Gasteiger partial charge in [-0.25, -0.2) is 4.98 Å². The van der Waals surface area contributed by atoms with Crippen molar-refractivity contribution >= 4 is 28.3 Å². The predicted octanol–water partition coefficient (Wildman–Crippen LogP) is 2.54. The maximum atomic E-state index is 13.0. The van der Waals surface area contributed by atoms with E-state index >= 15 is 0 Å². The Balaban J connectivity index is 1.98. The molecule has 0 radical (unpaired) electrons. The maximum Gasteiger partial charge on any atom is 0.266 e. The van der Waals surface area contributed by atoms with E-state index in [0.717, 1.165) is 11.3 Å². The monoisotopic (exact) mass is 355 g/mol. The number of halogens is 1. The zero-order chi connectivity index (χ0) is 17.6. The first-order chi connectivity index (χ1) is 12.1. The lowest BCUT2D eigenvalue weighted by Gasteiger charge is -2.11. The van der Waals surface area contributed by atoms with Gasteiger partial charge >= 0.3 is 0 Å². The van der Waals surface area contributed by atoms with Crippen molar-refractivity contribution in [2.75, 3.05) is 7.11 Å². The minimum Gasteiger partial charge on any atom is -0.377 e. The molecular formula is C17H14ClN5O2. The van der Waals surface area contributed by atoms with E-state index < -0.39 is 0 Å². The lowest BCUT2D eigenvalue weighted by Crippen LogP contribution is -2.19. The van der Waals surface area contributed by atoms with E-state index in [4.69, 9.17) is 16.3 Å². The Kier molecular flexibility index (Phi) is 3.74. The van der Waals surface area contributed by atoms with Crippen LogP contribution < -0.4 is 5.56 Å². The molecule has 0 fully saturated rings. The van der Waals surface area contributed by atoms with Crippen molar-refractivity contribution in [3.63, 3.8) is 0 Å². The molecule has 0 aliphatic carbocycles. The van der Waals surface area contributed by atoms with Gasteiger partial charge in [0.1, 0.15) is 6.61 Å². The first kappa shape index (κ1) is 15.7. The summed E-state index contributed by atoms with van der Waals surface area (Å²) in [5, 5.41) is 5.41. The zero-order valence-corrected chi connectivity index (χ0v) is 14.4. The van der Waals surface area contributed by atoms with E-state index in [-0.39, 0.29) is 12.2 Å². The Morgan fingerprint density at radius 2 is 2.12 bits per heavy atom. The van der Waals surface area contributed by atoms with E-state index in [0.29, 0.717) is 27.5 Å². The van der Waals surface area contributed by atoms with Crippen LogP contribution in [0, 0.1) is 6.92 Å². The van der Waals surface area contributed by atoms with Crippen molar-refractivity contribution in [3.05, 3.63) is 63.4 Å². The van der Waals surface area contributed by atoms with E-state index in [1.165, 1.54) is 6.20 Å². The average molecular weight is 356 g/mol. The van der Waals surface area contributed by atoms with Crippen molar-refractivity contribution in [3.8, 4) is 5.69 Å². The highest BCUT2D eigenvalue weighted by Gasteiger charge is 2.13. The number of methoxy groups -OCH3 is 1. The summed E-state index contributed by atoms with van der Waals surface area (Å²) in [6.07, 6.45) is 3.23. The summed E-state index contributed by atoms with van der Waals surface area (Å²) >= 11 is 6.18. The molecule has 4 aromatic rings. The molecule has 0 saturated carbocycles. The minimum atomic E-state index is -0.193. The summed E-state index contributed by atoms with van der Waals surface area (Å²) < 4.78 is 8.17. The van der Waals surface area contributed by atoms with Crippen LogP contribution in [0.2, 0.25) is 5.02 Å². The molecule has 0 N–H and O–H groups in total. The standard InChI is InChI=1S/C17H14ClN5O2/c1-10-12(18)4-3-5-13(10)22-7-6-14-11(16(22)24)8-19-17-20-15(9-25-2)21-23(14)17/h3-8H,9H2,1-2H3. The van der Waals surface area contributed by atoms with Crippen molar-refractivity contribution in [2.24, 2.45) is 0 Å². The molecule has 3 aromatic heterocycles. The lowest BCUT2D eigenvalue weighted by molar-refractivity contribution is 0.178. The van der Waals surface area contributed by atoms with Gasteiger partial charge in [0.25, 0.3) is 11.3 Å². The van der Waals surface area contributed by atoms with E-state index in [9.17, 15) is 4.79 Å². The van der Waals surface area contributed by atoms with Crippen LogP contribution in [-0.4, -0.2) is 31.3 Å². The summed E-state index contributed by atoms with van der Waals surface area (Å²) in [5.41, 5.74) is 2.02. The number of benzene rings is 1. The van der Waals surface area contributed by atoms with Gasteiger partial charge in [0.15, 0.2) is 5.82 Å². The van der Waals surface area contributed by atoms with Gasteiger partial charge in [0.05, 0.1) is 16.6 Å². The van der Waals surface area contributed by atoms with Gasteiger partial charge in [-0.15, -0.1) is 5.10 Å². The second-order valence-corrected chi connectivity index (χ2v) is 6.01. The highest BCUT2D eigenvalue weighted by atomic mass is 35.5. The fraction of sp³-hybridized carbons (Fsp3) is 0.176. The highest BCUT2D eigenvalue weighted by Crippen LogP contribution is 2.22. The first-order valence-electron chi connectivity index (χ1n) is 7.60. The van der Waals surface area contributed by atoms with Crippen LogP contribution in [0.1, 0.15) is 11.4 Å². The van der Waals surface area contributed by atoms with Crippen LogP contribution in [0.15, 0.2) is 41.5 Å².